The Kier molecular flexibility index (Phi) is 8.16. The number of piperazine rings is 1. The van der Waals surface area contributed by atoms with Gasteiger partial charge in [0, 0.05) is 37.7 Å². The molecule has 0 N–H and O–H groups in total. The van der Waals surface area contributed by atoms with E-state index in [4.69, 9.17) is 16.3 Å². The van der Waals surface area contributed by atoms with E-state index >= 15 is 0 Å². The zero-order valence-electron chi connectivity index (χ0n) is 19.1. The molecule has 0 bridgehead atoms. The molecule has 3 aromatic carbocycles. The predicted molar refractivity (Wildman–Crippen MR) is 133 cm³/mol. The van der Waals surface area contributed by atoms with Gasteiger partial charge in [-0.15, -0.1) is 0 Å². The third kappa shape index (κ3) is 6.91. The third-order valence-electron chi connectivity index (χ3n) is 6.12. The summed E-state index contributed by atoms with van der Waals surface area (Å²) in [5.41, 5.74) is 4.59. The quantitative estimate of drug-likeness (QED) is 0.455. The molecule has 0 aromatic heterocycles. The van der Waals surface area contributed by atoms with E-state index in [0.717, 1.165) is 48.9 Å². The lowest BCUT2D eigenvalue weighted by molar-refractivity contribution is -0.132. The predicted octanol–water partition coefficient (Wildman–Crippen LogP) is 5.29. The van der Waals surface area contributed by atoms with E-state index in [0.29, 0.717) is 13.0 Å². The van der Waals surface area contributed by atoms with Crippen molar-refractivity contribution in [1.82, 2.24) is 9.80 Å². The molecule has 1 saturated heterocycles. The van der Waals surface area contributed by atoms with Crippen molar-refractivity contribution in [2.75, 3.05) is 32.7 Å². The van der Waals surface area contributed by atoms with Gasteiger partial charge in [-0.2, -0.15) is 0 Å². The molecule has 1 amide bonds. The normalized spacial score (nSPS) is 15.4. The maximum Gasteiger partial charge on any atom is 0.227 e. The lowest BCUT2D eigenvalue weighted by Gasteiger charge is -2.36. The fourth-order valence-corrected chi connectivity index (χ4v) is 4.35. The number of ether oxygens (including phenoxy) is 1. The van der Waals surface area contributed by atoms with Crippen molar-refractivity contribution in [3.05, 3.63) is 106 Å². The Hall–Kier alpha value is -2.66. The van der Waals surface area contributed by atoms with Crippen LogP contribution in [0.25, 0.3) is 0 Å². The van der Waals surface area contributed by atoms with Crippen LogP contribution in [0.1, 0.15) is 28.4 Å². The van der Waals surface area contributed by atoms with Gasteiger partial charge in [0.2, 0.25) is 5.91 Å². The van der Waals surface area contributed by atoms with Gasteiger partial charge in [0.15, 0.2) is 0 Å². The molecule has 172 valence electrons. The van der Waals surface area contributed by atoms with Gasteiger partial charge in [-0.25, -0.2) is 0 Å². The number of aryl methyl sites for hydroxylation is 1. The number of benzene rings is 3. The molecule has 4 nitrogen and oxygen atoms in total. The van der Waals surface area contributed by atoms with Gasteiger partial charge >= 0.3 is 0 Å². The van der Waals surface area contributed by atoms with Crippen LogP contribution in [0, 0.1) is 6.92 Å². The maximum absolute atomic E-state index is 12.7. The molecule has 1 aliphatic heterocycles. The summed E-state index contributed by atoms with van der Waals surface area (Å²) in [5.74, 6) is 0.200. The van der Waals surface area contributed by atoms with Crippen LogP contribution < -0.4 is 0 Å². The molecule has 0 unspecified atom stereocenters. The molecule has 1 heterocycles. The highest BCUT2D eigenvalue weighted by Crippen LogP contribution is 2.23. The molecule has 3 aromatic rings. The van der Waals surface area contributed by atoms with E-state index in [-0.39, 0.29) is 12.0 Å². The van der Waals surface area contributed by atoms with E-state index < -0.39 is 0 Å². The molecule has 1 atom stereocenters. The summed E-state index contributed by atoms with van der Waals surface area (Å²) in [6.07, 6.45) is 0.405. The molecule has 5 heteroatoms. The number of rotatable bonds is 8. The molecular formula is C28H31ClN2O2. The Morgan fingerprint density at radius 2 is 1.61 bits per heavy atom. The monoisotopic (exact) mass is 462 g/mol. The minimum Gasteiger partial charge on any atom is -0.368 e. The van der Waals surface area contributed by atoms with E-state index in [2.05, 4.69) is 36.1 Å². The van der Waals surface area contributed by atoms with Crippen molar-refractivity contribution in [2.45, 2.75) is 26.1 Å². The molecule has 1 fully saturated rings. The Morgan fingerprint density at radius 3 is 2.30 bits per heavy atom. The van der Waals surface area contributed by atoms with E-state index in [1.807, 2.05) is 59.5 Å². The zero-order chi connectivity index (χ0) is 23.0. The number of amides is 1. The van der Waals surface area contributed by atoms with E-state index in [9.17, 15) is 4.79 Å². The standard InChI is InChI=1S/C28H31ClN2O2/c1-22-6-5-9-24(18-22)21-33-27(25-10-12-26(29)13-11-25)20-30-14-16-31(17-15-30)28(32)19-23-7-3-2-4-8-23/h2-13,18,27H,14-17,19-21H2,1H3/t27-/m1/s1. The van der Waals surface area contributed by atoms with E-state index in [1.165, 1.54) is 11.1 Å². The average molecular weight is 463 g/mol. The van der Waals surface area contributed by atoms with Crippen molar-refractivity contribution in [1.29, 1.82) is 0 Å². The lowest BCUT2D eigenvalue weighted by atomic mass is 10.1. The Bertz CT molecular complexity index is 1030. The molecule has 33 heavy (non-hydrogen) atoms. The van der Waals surface area contributed by atoms with Gasteiger partial charge in [-0.1, -0.05) is 83.9 Å². The topological polar surface area (TPSA) is 32.8 Å². The smallest absolute Gasteiger partial charge is 0.227 e. The summed E-state index contributed by atoms with van der Waals surface area (Å²) in [4.78, 5) is 17.1. The van der Waals surface area contributed by atoms with Crippen LogP contribution in [0.4, 0.5) is 0 Å². The average Bonchev–Trinajstić information content (AvgIpc) is 2.83. The van der Waals surface area contributed by atoms with Crippen LogP contribution in [0.5, 0.6) is 0 Å². The summed E-state index contributed by atoms with van der Waals surface area (Å²) in [6, 6.07) is 26.3. The number of hydrogen-bond donors (Lipinski definition) is 0. The molecule has 0 radical (unpaired) electrons. The van der Waals surface area contributed by atoms with Gasteiger partial charge in [0.1, 0.15) is 0 Å². The number of carbonyl (C=O) groups excluding carboxylic acids is 1. The number of carbonyl (C=O) groups is 1. The molecular weight excluding hydrogens is 432 g/mol. The molecule has 0 aliphatic carbocycles. The second kappa shape index (κ2) is 11.5. The second-order valence-electron chi connectivity index (χ2n) is 8.68. The summed E-state index contributed by atoms with van der Waals surface area (Å²) < 4.78 is 6.40. The number of hydrogen-bond acceptors (Lipinski definition) is 3. The Morgan fingerprint density at radius 1 is 0.909 bits per heavy atom. The van der Waals surface area contributed by atoms with Crippen molar-refractivity contribution in [3.63, 3.8) is 0 Å². The molecule has 4 rings (SSSR count). The Labute approximate surface area is 201 Å². The summed E-state index contributed by atoms with van der Waals surface area (Å²) in [7, 11) is 0. The summed E-state index contributed by atoms with van der Waals surface area (Å²) >= 11 is 6.11. The van der Waals surface area contributed by atoms with Gasteiger partial charge in [0.05, 0.1) is 19.1 Å². The highest BCUT2D eigenvalue weighted by molar-refractivity contribution is 6.30. The zero-order valence-corrected chi connectivity index (χ0v) is 19.9. The van der Waals surface area contributed by atoms with Gasteiger partial charge in [-0.3, -0.25) is 9.69 Å². The molecule has 0 saturated carbocycles. The largest absolute Gasteiger partial charge is 0.368 e. The summed E-state index contributed by atoms with van der Waals surface area (Å²) in [6.45, 7) is 6.63. The van der Waals surface area contributed by atoms with Crippen LogP contribution in [-0.4, -0.2) is 48.4 Å². The van der Waals surface area contributed by atoms with Crippen molar-refractivity contribution >= 4 is 17.5 Å². The van der Waals surface area contributed by atoms with Gasteiger partial charge < -0.3 is 9.64 Å². The van der Waals surface area contributed by atoms with Crippen molar-refractivity contribution in [2.24, 2.45) is 0 Å². The van der Waals surface area contributed by atoms with Crippen LogP contribution >= 0.6 is 11.6 Å². The van der Waals surface area contributed by atoms with Crippen molar-refractivity contribution < 1.29 is 9.53 Å². The number of nitrogens with zero attached hydrogens (tertiary/aromatic N) is 2. The first-order chi connectivity index (χ1) is 16.1. The minimum absolute atomic E-state index is 0.0608. The van der Waals surface area contributed by atoms with Gasteiger partial charge in [0.25, 0.3) is 0 Å². The van der Waals surface area contributed by atoms with Gasteiger partial charge in [-0.05, 0) is 35.7 Å². The fraction of sp³-hybridized carbons (Fsp3) is 0.321. The van der Waals surface area contributed by atoms with Crippen LogP contribution in [0.15, 0.2) is 78.9 Å². The first-order valence-electron chi connectivity index (χ1n) is 11.5. The minimum atomic E-state index is -0.0608. The molecule has 1 aliphatic rings. The fourth-order valence-electron chi connectivity index (χ4n) is 4.23. The maximum atomic E-state index is 12.7. The van der Waals surface area contributed by atoms with Crippen LogP contribution in [-0.2, 0) is 22.6 Å². The highest BCUT2D eigenvalue weighted by atomic mass is 35.5. The highest BCUT2D eigenvalue weighted by Gasteiger charge is 2.24. The first-order valence-corrected chi connectivity index (χ1v) is 11.9. The number of halogens is 1. The first kappa shape index (κ1) is 23.5. The van der Waals surface area contributed by atoms with Crippen molar-refractivity contribution in [3.8, 4) is 0 Å². The van der Waals surface area contributed by atoms with Crippen LogP contribution in [0.3, 0.4) is 0 Å². The Balaban J connectivity index is 1.35. The summed E-state index contributed by atoms with van der Waals surface area (Å²) in [5, 5.41) is 0.724. The SMILES string of the molecule is Cc1cccc(CO[C@H](CN2CCN(C(=O)Cc3ccccc3)CC2)c2ccc(Cl)cc2)c1. The van der Waals surface area contributed by atoms with E-state index in [1.54, 1.807) is 0 Å². The molecule has 0 spiro atoms. The lowest BCUT2D eigenvalue weighted by Crippen LogP contribution is -2.50. The van der Waals surface area contributed by atoms with Crippen LogP contribution in [0.2, 0.25) is 5.02 Å². The third-order valence-corrected chi connectivity index (χ3v) is 6.37. The second-order valence-corrected chi connectivity index (χ2v) is 9.12.